The molecule has 122 valence electrons. The van der Waals surface area contributed by atoms with E-state index in [-0.39, 0.29) is 6.09 Å². The van der Waals surface area contributed by atoms with Crippen LogP contribution in [0.15, 0.2) is 23.6 Å². The number of nitrogens with zero attached hydrogens (tertiary/aromatic N) is 2. The number of benzene rings is 1. The van der Waals surface area contributed by atoms with E-state index in [1.54, 1.807) is 30.5 Å². The van der Waals surface area contributed by atoms with Crippen LogP contribution in [-0.2, 0) is 11.2 Å². The van der Waals surface area contributed by atoms with E-state index in [0.29, 0.717) is 19.7 Å². The van der Waals surface area contributed by atoms with E-state index < -0.39 is 0 Å². The molecule has 6 nitrogen and oxygen atoms in total. The summed E-state index contributed by atoms with van der Waals surface area (Å²) in [6, 6.07) is 5.67. The standard InChI is InChI=1S/C16H18N2O4S/c1-20-11-3-4-12(14(9-11)21-2)13-10-23-15(17-13)5-6-18-7-8-22-16(18)19/h3-4,9-10H,5-8H2,1-2H3. The molecule has 0 N–H and O–H groups in total. The Bertz CT molecular complexity index is 701. The zero-order chi connectivity index (χ0) is 16.2. The van der Waals surface area contributed by atoms with Crippen molar-refractivity contribution in [1.29, 1.82) is 0 Å². The second-order valence-electron chi connectivity index (χ2n) is 5.04. The summed E-state index contributed by atoms with van der Waals surface area (Å²) >= 11 is 1.58. The van der Waals surface area contributed by atoms with Crippen LogP contribution in [0.3, 0.4) is 0 Å². The Hall–Kier alpha value is -2.28. The molecule has 1 amide bonds. The van der Waals surface area contributed by atoms with Crippen LogP contribution >= 0.6 is 11.3 Å². The highest BCUT2D eigenvalue weighted by molar-refractivity contribution is 7.09. The maximum atomic E-state index is 11.4. The number of methoxy groups -OCH3 is 2. The summed E-state index contributed by atoms with van der Waals surface area (Å²) in [7, 11) is 3.25. The molecule has 2 aromatic rings. The Kier molecular flexibility index (Phi) is 4.66. The highest BCUT2D eigenvalue weighted by Crippen LogP contribution is 2.33. The Morgan fingerprint density at radius 3 is 2.91 bits per heavy atom. The number of amides is 1. The first-order valence-corrected chi connectivity index (χ1v) is 8.17. The monoisotopic (exact) mass is 334 g/mol. The minimum absolute atomic E-state index is 0.237. The number of carbonyl (C=O) groups excluding carboxylic acids is 1. The fraction of sp³-hybridized carbons (Fsp3) is 0.375. The van der Waals surface area contributed by atoms with E-state index in [1.807, 2.05) is 23.6 Å². The molecule has 0 spiro atoms. The molecule has 0 saturated carbocycles. The van der Waals surface area contributed by atoms with E-state index in [4.69, 9.17) is 14.2 Å². The number of hydrogen-bond donors (Lipinski definition) is 0. The third-order valence-corrected chi connectivity index (χ3v) is 4.59. The van der Waals surface area contributed by atoms with Crippen molar-refractivity contribution >= 4 is 17.4 Å². The molecular weight excluding hydrogens is 316 g/mol. The summed E-state index contributed by atoms with van der Waals surface area (Å²) in [5, 5.41) is 2.99. The Morgan fingerprint density at radius 1 is 1.35 bits per heavy atom. The number of hydrogen-bond acceptors (Lipinski definition) is 6. The maximum Gasteiger partial charge on any atom is 0.409 e. The summed E-state index contributed by atoms with van der Waals surface area (Å²) in [4.78, 5) is 17.8. The molecule has 1 aromatic carbocycles. The van der Waals surface area contributed by atoms with Gasteiger partial charge in [-0.15, -0.1) is 11.3 Å². The van der Waals surface area contributed by atoms with Gasteiger partial charge in [0.15, 0.2) is 0 Å². The molecule has 0 unspecified atom stereocenters. The topological polar surface area (TPSA) is 60.9 Å². The minimum Gasteiger partial charge on any atom is -0.497 e. The summed E-state index contributed by atoms with van der Waals surface area (Å²) < 4.78 is 15.6. The first-order chi connectivity index (χ1) is 11.2. The highest BCUT2D eigenvalue weighted by atomic mass is 32.1. The molecule has 1 aliphatic heterocycles. The van der Waals surface area contributed by atoms with Crippen LogP contribution in [0.5, 0.6) is 11.5 Å². The molecule has 1 saturated heterocycles. The number of aromatic nitrogens is 1. The van der Waals surface area contributed by atoms with Gasteiger partial charge in [0.05, 0.1) is 31.5 Å². The SMILES string of the molecule is COc1ccc(-c2csc(CCN3CCOC3=O)n2)c(OC)c1. The first-order valence-electron chi connectivity index (χ1n) is 7.30. The van der Waals surface area contributed by atoms with Gasteiger partial charge >= 0.3 is 6.09 Å². The Labute approximate surface area is 138 Å². The second-order valence-corrected chi connectivity index (χ2v) is 5.99. The predicted molar refractivity (Wildman–Crippen MR) is 87.3 cm³/mol. The molecule has 1 aromatic heterocycles. The van der Waals surface area contributed by atoms with Crippen molar-refractivity contribution in [3.05, 3.63) is 28.6 Å². The fourth-order valence-corrected chi connectivity index (χ4v) is 3.21. The van der Waals surface area contributed by atoms with Crippen LogP contribution in [0, 0.1) is 0 Å². The lowest BCUT2D eigenvalue weighted by Gasteiger charge is -2.10. The van der Waals surface area contributed by atoms with Crippen molar-refractivity contribution < 1.29 is 19.0 Å². The molecule has 0 aliphatic carbocycles. The highest BCUT2D eigenvalue weighted by Gasteiger charge is 2.21. The lowest BCUT2D eigenvalue weighted by Crippen LogP contribution is -2.26. The average Bonchev–Trinajstić information content (AvgIpc) is 3.21. The summed E-state index contributed by atoms with van der Waals surface area (Å²) in [6.07, 6.45) is 0.483. The minimum atomic E-state index is -0.237. The van der Waals surface area contributed by atoms with E-state index in [0.717, 1.165) is 34.2 Å². The second kappa shape index (κ2) is 6.87. The van der Waals surface area contributed by atoms with Crippen LogP contribution in [0.2, 0.25) is 0 Å². The van der Waals surface area contributed by atoms with E-state index in [2.05, 4.69) is 4.98 Å². The van der Waals surface area contributed by atoms with Gasteiger partial charge in [-0.05, 0) is 12.1 Å². The molecule has 1 aliphatic rings. The van der Waals surface area contributed by atoms with Gasteiger partial charge in [0.1, 0.15) is 18.1 Å². The van der Waals surface area contributed by atoms with Gasteiger partial charge in [0, 0.05) is 30.0 Å². The maximum absolute atomic E-state index is 11.4. The van der Waals surface area contributed by atoms with Crippen molar-refractivity contribution in [2.45, 2.75) is 6.42 Å². The zero-order valence-electron chi connectivity index (χ0n) is 13.1. The van der Waals surface area contributed by atoms with Gasteiger partial charge < -0.3 is 19.1 Å². The number of ether oxygens (including phenoxy) is 3. The lowest BCUT2D eigenvalue weighted by molar-refractivity contribution is 0.159. The van der Waals surface area contributed by atoms with E-state index >= 15 is 0 Å². The third-order valence-electron chi connectivity index (χ3n) is 3.68. The van der Waals surface area contributed by atoms with Crippen LogP contribution < -0.4 is 9.47 Å². The van der Waals surface area contributed by atoms with Crippen molar-refractivity contribution in [2.24, 2.45) is 0 Å². The van der Waals surface area contributed by atoms with Crippen molar-refractivity contribution in [2.75, 3.05) is 33.9 Å². The number of carbonyl (C=O) groups is 1. The summed E-state index contributed by atoms with van der Waals surface area (Å²) in [6.45, 7) is 1.76. The Morgan fingerprint density at radius 2 is 2.22 bits per heavy atom. The van der Waals surface area contributed by atoms with Crippen LogP contribution in [0.4, 0.5) is 4.79 Å². The molecule has 2 heterocycles. The van der Waals surface area contributed by atoms with Crippen molar-refractivity contribution in [3.63, 3.8) is 0 Å². The van der Waals surface area contributed by atoms with Gasteiger partial charge in [-0.2, -0.15) is 0 Å². The van der Waals surface area contributed by atoms with Gasteiger partial charge in [0.2, 0.25) is 0 Å². The molecule has 23 heavy (non-hydrogen) atoms. The largest absolute Gasteiger partial charge is 0.497 e. The molecule has 0 atom stereocenters. The Balaban J connectivity index is 1.72. The molecule has 7 heteroatoms. The normalized spacial score (nSPS) is 14.0. The molecule has 3 rings (SSSR count). The quantitative estimate of drug-likeness (QED) is 0.813. The number of thiazole rings is 1. The molecule has 0 bridgehead atoms. The predicted octanol–water partition coefficient (Wildman–Crippen LogP) is 2.82. The van der Waals surface area contributed by atoms with Gasteiger partial charge in [-0.25, -0.2) is 9.78 Å². The van der Waals surface area contributed by atoms with Crippen LogP contribution in [-0.4, -0.2) is 49.9 Å². The van der Waals surface area contributed by atoms with Crippen LogP contribution in [0.25, 0.3) is 11.3 Å². The fourth-order valence-electron chi connectivity index (χ4n) is 2.42. The molecular formula is C16H18N2O4S. The smallest absolute Gasteiger partial charge is 0.409 e. The van der Waals surface area contributed by atoms with E-state index in [9.17, 15) is 4.79 Å². The summed E-state index contributed by atoms with van der Waals surface area (Å²) in [5.41, 5.74) is 1.80. The first kappa shape index (κ1) is 15.6. The van der Waals surface area contributed by atoms with Crippen molar-refractivity contribution in [3.8, 4) is 22.8 Å². The summed E-state index contributed by atoms with van der Waals surface area (Å²) in [5.74, 6) is 1.47. The third kappa shape index (κ3) is 3.39. The van der Waals surface area contributed by atoms with Crippen molar-refractivity contribution in [1.82, 2.24) is 9.88 Å². The van der Waals surface area contributed by atoms with Gasteiger partial charge in [-0.1, -0.05) is 0 Å². The average molecular weight is 334 g/mol. The molecule has 1 fully saturated rings. The van der Waals surface area contributed by atoms with Gasteiger partial charge in [-0.3, -0.25) is 0 Å². The zero-order valence-corrected chi connectivity index (χ0v) is 13.9. The number of rotatable bonds is 6. The van der Waals surface area contributed by atoms with Gasteiger partial charge in [0.25, 0.3) is 0 Å². The lowest BCUT2D eigenvalue weighted by atomic mass is 10.1. The van der Waals surface area contributed by atoms with E-state index in [1.165, 1.54) is 0 Å². The molecule has 0 radical (unpaired) electrons. The number of cyclic esters (lactones) is 1. The van der Waals surface area contributed by atoms with Crippen LogP contribution in [0.1, 0.15) is 5.01 Å².